The van der Waals surface area contributed by atoms with Gasteiger partial charge in [-0.25, -0.2) is 3.63 Å². The van der Waals surface area contributed by atoms with Gasteiger partial charge < -0.3 is 14.2 Å². The first kappa shape index (κ1) is 37.2. The van der Waals surface area contributed by atoms with Gasteiger partial charge in [-0.15, -0.1) is 0 Å². The molecule has 0 amide bonds. The molecule has 0 spiro atoms. The van der Waals surface area contributed by atoms with E-state index in [9.17, 15) is 21.6 Å². The maximum atomic E-state index is 14.1. The summed E-state index contributed by atoms with van der Waals surface area (Å²) in [5.74, 6) is 1.69. The van der Waals surface area contributed by atoms with Crippen molar-refractivity contribution in [2.45, 2.75) is 105 Å². The number of ether oxygens (including phenoxy) is 3. The average molecular weight is 705 g/mol. The molecule has 4 rings (SSSR count). The van der Waals surface area contributed by atoms with E-state index in [-0.39, 0.29) is 0 Å². The quantitative estimate of drug-likeness (QED) is 0.173. The van der Waals surface area contributed by atoms with Crippen molar-refractivity contribution in [2.75, 3.05) is 0 Å². The fraction of sp³-hybridized carbons (Fsp3) is 0.351. The molecule has 4 aromatic carbocycles. The van der Waals surface area contributed by atoms with Gasteiger partial charge in [-0.1, -0.05) is 0 Å². The highest BCUT2D eigenvalue weighted by atomic mass is 32.3. The molecule has 0 aliphatic rings. The van der Waals surface area contributed by atoms with E-state index >= 15 is 0 Å². The van der Waals surface area contributed by atoms with E-state index in [1.54, 1.807) is 72.8 Å². The van der Waals surface area contributed by atoms with Crippen LogP contribution in [0.25, 0.3) is 0 Å². The van der Waals surface area contributed by atoms with Crippen LogP contribution in [0.1, 0.15) is 67.9 Å². The van der Waals surface area contributed by atoms with Gasteiger partial charge in [0.25, 0.3) is 0 Å². The summed E-state index contributed by atoms with van der Waals surface area (Å²) in [4.78, 5) is 1.11. The number of halogens is 3. The number of hydrogen-bond acceptors (Lipinski definition) is 6. The third kappa shape index (κ3) is 9.48. The Morgan fingerprint density at radius 2 is 0.708 bits per heavy atom. The third-order valence-electron chi connectivity index (χ3n) is 6.40. The van der Waals surface area contributed by atoms with Crippen molar-refractivity contribution < 1.29 is 39.4 Å². The van der Waals surface area contributed by atoms with Crippen LogP contribution in [0.3, 0.4) is 0 Å². The highest BCUT2D eigenvalue weighted by Gasteiger charge is 2.39. The number of hydrogen-bond donors (Lipinski definition) is 0. The summed E-state index contributed by atoms with van der Waals surface area (Å²) in [6.07, 6.45) is -4.64. The second kappa shape index (κ2) is 13.3. The SMILES string of the molecule is CC(C)(C)Oc1ccc(S(OS(=O)(=O)c2ccc(C(F)(F)F)cc2)(c2ccc(OC(C)(C)C)cc2)c2ccc(OC(C)(C)C)cc2)cc1. The summed E-state index contributed by atoms with van der Waals surface area (Å²) >= 11 is 0. The smallest absolute Gasteiger partial charge is 0.416 e. The number of benzene rings is 4. The van der Waals surface area contributed by atoms with E-state index in [1.165, 1.54) is 0 Å². The first-order chi connectivity index (χ1) is 22.0. The van der Waals surface area contributed by atoms with E-state index < -0.39 is 53.9 Å². The lowest BCUT2D eigenvalue weighted by Crippen LogP contribution is -2.23. The minimum absolute atomic E-state index is 0.416. The lowest BCUT2D eigenvalue weighted by molar-refractivity contribution is -0.137. The molecule has 0 aliphatic heterocycles. The van der Waals surface area contributed by atoms with Crippen LogP contribution < -0.4 is 14.2 Å². The van der Waals surface area contributed by atoms with Gasteiger partial charge in [-0.05, 0) is 170 Å². The van der Waals surface area contributed by atoms with Crippen LogP contribution >= 0.6 is 10.3 Å². The van der Waals surface area contributed by atoms with Gasteiger partial charge in [-0.3, -0.25) is 0 Å². The molecule has 0 saturated carbocycles. The summed E-state index contributed by atoms with van der Waals surface area (Å²) in [6, 6.07) is 24.2. The third-order valence-corrected chi connectivity index (χ3v) is 11.6. The molecule has 0 unspecified atom stereocenters. The van der Waals surface area contributed by atoms with Crippen LogP contribution in [0.2, 0.25) is 0 Å². The minimum atomic E-state index is -4.67. The molecule has 0 aromatic heterocycles. The molecule has 0 atom stereocenters. The molecule has 0 fully saturated rings. The van der Waals surface area contributed by atoms with Crippen molar-refractivity contribution in [3.05, 3.63) is 103 Å². The predicted octanol–water partition coefficient (Wildman–Crippen LogP) is 10.8. The molecule has 260 valence electrons. The van der Waals surface area contributed by atoms with Crippen molar-refractivity contribution in [1.29, 1.82) is 0 Å². The zero-order valence-electron chi connectivity index (χ0n) is 28.6. The fourth-order valence-electron chi connectivity index (χ4n) is 4.67. The summed E-state index contributed by atoms with van der Waals surface area (Å²) in [6.45, 7) is 17.2. The van der Waals surface area contributed by atoms with E-state index in [2.05, 4.69) is 0 Å². The van der Waals surface area contributed by atoms with E-state index in [4.69, 9.17) is 17.8 Å². The molecule has 11 heteroatoms. The van der Waals surface area contributed by atoms with Gasteiger partial charge in [-0.2, -0.15) is 21.6 Å². The molecule has 0 aliphatic carbocycles. The Morgan fingerprint density at radius 1 is 0.438 bits per heavy atom. The Hall–Kier alpha value is -3.67. The van der Waals surface area contributed by atoms with Crippen LogP contribution in [0.5, 0.6) is 17.2 Å². The van der Waals surface area contributed by atoms with Crippen molar-refractivity contribution in [3.8, 4) is 17.2 Å². The van der Waals surface area contributed by atoms with E-state index in [0.717, 1.165) is 24.3 Å². The number of rotatable bonds is 9. The molecule has 4 aromatic rings. The van der Waals surface area contributed by atoms with Crippen molar-refractivity contribution in [3.63, 3.8) is 0 Å². The Balaban J connectivity index is 1.97. The maximum Gasteiger partial charge on any atom is 0.416 e. The second-order valence-corrected chi connectivity index (χ2v) is 18.6. The monoisotopic (exact) mass is 704 g/mol. The van der Waals surface area contributed by atoms with Gasteiger partial charge in [0.15, 0.2) is 0 Å². The van der Waals surface area contributed by atoms with Crippen LogP contribution in [0, 0.1) is 0 Å². The van der Waals surface area contributed by atoms with E-state index in [1.807, 2.05) is 62.3 Å². The lowest BCUT2D eigenvalue weighted by Gasteiger charge is -2.39. The molecule has 0 saturated heterocycles. The van der Waals surface area contributed by atoms with Crippen LogP contribution in [0.4, 0.5) is 13.2 Å². The van der Waals surface area contributed by atoms with Gasteiger partial charge in [0.2, 0.25) is 0 Å². The zero-order valence-corrected chi connectivity index (χ0v) is 30.3. The highest BCUT2D eigenvalue weighted by Crippen LogP contribution is 2.70. The predicted molar refractivity (Wildman–Crippen MR) is 183 cm³/mol. The lowest BCUT2D eigenvalue weighted by atomic mass is 10.2. The molecule has 6 nitrogen and oxygen atoms in total. The Labute approximate surface area is 283 Å². The normalized spacial score (nSPS) is 13.6. The molecule has 0 N–H and O–H groups in total. The highest BCUT2D eigenvalue weighted by molar-refractivity contribution is 8.33. The molecule has 0 bridgehead atoms. The summed E-state index contributed by atoms with van der Waals surface area (Å²) in [7, 11) is -7.80. The van der Waals surface area contributed by atoms with Gasteiger partial charge in [0, 0.05) is 14.7 Å². The topological polar surface area (TPSA) is 71.1 Å². The van der Waals surface area contributed by atoms with Crippen LogP contribution in [-0.2, 0) is 19.9 Å². The summed E-state index contributed by atoms with van der Waals surface area (Å²) < 4.78 is 92.8. The first-order valence-corrected chi connectivity index (χ1v) is 18.3. The van der Waals surface area contributed by atoms with Crippen LogP contribution in [-0.4, -0.2) is 25.2 Å². The summed E-state index contributed by atoms with van der Waals surface area (Å²) in [5.41, 5.74) is -2.43. The van der Waals surface area contributed by atoms with Crippen molar-refractivity contribution in [2.24, 2.45) is 0 Å². The minimum Gasteiger partial charge on any atom is -0.488 e. The molecule has 48 heavy (non-hydrogen) atoms. The average Bonchev–Trinajstić information content (AvgIpc) is 2.94. The zero-order chi connectivity index (χ0) is 35.8. The van der Waals surface area contributed by atoms with Gasteiger partial charge in [0.05, 0.1) is 10.5 Å². The molecule has 0 heterocycles. The maximum absolute atomic E-state index is 14.1. The second-order valence-electron chi connectivity index (χ2n) is 14.2. The van der Waals surface area contributed by atoms with E-state index in [0.29, 0.717) is 31.9 Å². The Morgan fingerprint density at radius 3 is 0.958 bits per heavy atom. The standard InChI is InChI=1S/C37H43F3O6S2/c1-34(2,3)43-27-12-20-30(21-13-27)47(31-22-14-28(15-23-31)44-35(4,5)6,32-24-16-29(17-25-32)45-36(7,8)9)46-48(41,42)33-18-10-26(11-19-33)37(38,39)40/h10-25H,1-9H3. The molecular weight excluding hydrogens is 662 g/mol. The van der Waals surface area contributed by atoms with Crippen molar-refractivity contribution in [1.82, 2.24) is 0 Å². The molecular formula is C37H43F3O6S2. The Kier molecular flexibility index (Phi) is 10.3. The number of alkyl halides is 3. The fourth-order valence-corrected chi connectivity index (χ4v) is 9.84. The van der Waals surface area contributed by atoms with Gasteiger partial charge >= 0.3 is 16.3 Å². The van der Waals surface area contributed by atoms with Gasteiger partial charge in [0.1, 0.15) is 34.1 Å². The molecule has 0 radical (unpaired) electrons. The summed E-state index contributed by atoms with van der Waals surface area (Å²) in [5, 5.41) is 0. The largest absolute Gasteiger partial charge is 0.488 e. The first-order valence-electron chi connectivity index (χ1n) is 15.3. The Bertz CT molecular complexity index is 1640. The van der Waals surface area contributed by atoms with Crippen molar-refractivity contribution >= 4 is 20.4 Å². The van der Waals surface area contributed by atoms with Crippen LogP contribution in [0.15, 0.2) is 117 Å².